The maximum atomic E-state index is 11.9. The van der Waals surface area contributed by atoms with E-state index < -0.39 is 0 Å². The zero-order valence-electron chi connectivity index (χ0n) is 13.4. The minimum Gasteiger partial charge on any atom is -0.360 e. The molecule has 1 fully saturated rings. The maximum absolute atomic E-state index is 11.9. The van der Waals surface area contributed by atoms with E-state index in [1.807, 2.05) is 25.1 Å². The van der Waals surface area contributed by atoms with E-state index in [-0.39, 0.29) is 18.4 Å². The summed E-state index contributed by atoms with van der Waals surface area (Å²) in [5.74, 6) is -0.232. The number of quaternary nitrogens is 1. The molecule has 2 amide bonds. The number of piperazine rings is 1. The lowest BCUT2D eigenvalue weighted by molar-refractivity contribution is -0.892. The number of likely N-dealkylation sites (N-methyl/N-ethyl adjacent to an activating group) is 1. The number of hydrogen-bond acceptors (Lipinski definition) is 3. The van der Waals surface area contributed by atoms with Crippen LogP contribution in [0.3, 0.4) is 0 Å². The van der Waals surface area contributed by atoms with Crippen molar-refractivity contribution >= 4 is 29.1 Å². The Hall–Kier alpha value is -1.79. The average Bonchev–Trinajstić information content (AvgIpc) is 2.54. The fraction of sp³-hybridized carbons (Fsp3) is 0.500. The molecule has 1 aliphatic heterocycles. The van der Waals surface area contributed by atoms with Gasteiger partial charge in [-0.25, -0.2) is 0 Å². The van der Waals surface area contributed by atoms with E-state index in [0.717, 1.165) is 36.9 Å². The summed E-state index contributed by atoms with van der Waals surface area (Å²) in [5.41, 5.74) is 1.12. The monoisotopic (exact) mass is 339 g/mol. The molecule has 2 rings (SSSR count). The van der Waals surface area contributed by atoms with E-state index in [1.165, 1.54) is 4.90 Å². The minimum atomic E-state index is -0.151. The van der Waals surface area contributed by atoms with Crippen LogP contribution in [0.4, 0.5) is 5.69 Å². The topological polar surface area (TPSA) is 65.9 Å². The predicted molar refractivity (Wildman–Crippen MR) is 90.9 cm³/mol. The molecule has 1 heterocycles. The van der Waals surface area contributed by atoms with Crippen LogP contribution >= 0.6 is 11.6 Å². The van der Waals surface area contributed by atoms with Crippen LogP contribution in [0.5, 0.6) is 0 Å². The lowest BCUT2D eigenvalue weighted by atomic mass is 10.2. The van der Waals surface area contributed by atoms with Gasteiger partial charge in [-0.2, -0.15) is 0 Å². The van der Waals surface area contributed by atoms with Crippen molar-refractivity contribution < 1.29 is 14.5 Å². The van der Waals surface area contributed by atoms with Gasteiger partial charge in [0.1, 0.15) is 0 Å². The second-order valence-electron chi connectivity index (χ2n) is 5.62. The molecule has 0 atom stereocenters. The van der Waals surface area contributed by atoms with Gasteiger partial charge in [-0.1, -0.05) is 17.7 Å². The van der Waals surface area contributed by atoms with Gasteiger partial charge in [0.15, 0.2) is 6.54 Å². The number of carbonyl (C=O) groups excluding carboxylic acids is 2. The van der Waals surface area contributed by atoms with Crippen molar-refractivity contribution in [3.8, 4) is 0 Å². The van der Waals surface area contributed by atoms with Crippen molar-refractivity contribution in [1.29, 1.82) is 0 Å². The first-order chi connectivity index (χ1) is 11.1. The zero-order valence-corrected chi connectivity index (χ0v) is 14.2. The Morgan fingerprint density at radius 1 is 1.22 bits per heavy atom. The third kappa shape index (κ3) is 5.73. The standard InChI is InChI=1S/C16H23ClN4O2/c1-2-18-15(22)11-19-16(23)12-20-6-8-21(9-7-20)14-5-3-4-13(17)10-14/h3-5,10H,2,6-9,11-12H2,1H3,(H,18,22)(H,19,23)/p+1. The highest BCUT2D eigenvalue weighted by molar-refractivity contribution is 6.30. The largest absolute Gasteiger partial charge is 0.360 e. The van der Waals surface area contributed by atoms with Gasteiger partial charge in [-0.15, -0.1) is 0 Å². The normalized spacial score (nSPS) is 15.3. The van der Waals surface area contributed by atoms with Gasteiger partial charge in [0.25, 0.3) is 5.91 Å². The third-order valence-electron chi connectivity index (χ3n) is 3.87. The van der Waals surface area contributed by atoms with Crippen molar-refractivity contribution in [2.24, 2.45) is 0 Å². The van der Waals surface area contributed by atoms with Crippen molar-refractivity contribution in [3.63, 3.8) is 0 Å². The number of amides is 2. The molecule has 0 unspecified atom stereocenters. The Morgan fingerprint density at radius 2 is 1.96 bits per heavy atom. The van der Waals surface area contributed by atoms with Crippen LogP contribution in [-0.4, -0.2) is 57.6 Å². The highest BCUT2D eigenvalue weighted by Crippen LogP contribution is 2.19. The van der Waals surface area contributed by atoms with Crippen LogP contribution in [0.2, 0.25) is 5.02 Å². The van der Waals surface area contributed by atoms with Gasteiger partial charge < -0.3 is 20.4 Å². The first-order valence-electron chi connectivity index (χ1n) is 7.96. The molecule has 1 saturated heterocycles. The summed E-state index contributed by atoms with van der Waals surface area (Å²) in [4.78, 5) is 26.7. The van der Waals surface area contributed by atoms with Gasteiger partial charge in [-0.05, 0) is 25.1 Å². The quantitative estimate of drug-likeness (QED) is 0.642. The summed E-state index contributed by atoms with van der Waals surface area (Å²) in [6.07, 6.45) is 0. The lowest BCUT2D eigenvalue weighted by Crippen LogP contribution is -3.16. The van der Waals surface area contributed by atoms with E-state index in [1.54, 1.807) is 0 Å². The highest BCUT2D eigenvalue weighted by Gasteiger charge is 2.22. The van der Waals surface area contributed by atoms with Gasteiger partial charge in [0.05, 0.1) is 32.7 Å². The molecular weight excluding hydrogens is 316 g/mol. The van der Waals surface area contributed by atoms with Gasteiger partial charge in [0.2, 0.25) is 5.91 Å². The molecule has 0 aliphatic carbocycles. The van der Waals surface area contributed by atoms with E-state index in [4.69, 9.17) is 11.6 Å². The molecule has 1 aliphatic rings. The number of benzene rings is 1. The molecule has 0 radical (unpaired) electrons. The molecule has 7 heteroatoms. The van der Waals surface area contributed by atoms with Crippen LogP contribution in [0.25, 0.3) is 0 Å². The Morgan fingerprint density at radius 3 is 2.61 bits per heavy atom. The zero-order chi connectivity index (χ0) is 16.7. The van der Waals surface area contributed by atoms with Crippen LogP contribution in [-0.2, 0) is 9.59 Å². The molecule has 0 aromatic heterocycles. The molecule has 126 valence electrons. The Kier molecular flexibility index (Phi) is 6.67. The highest BCUT2D eigenvalue weighted by atomic mass is 35.5. The Balaban J connectivity index is 1.72. The summed E-state index contributed by atoms with van der Waals surface area (Å²) in [6.45, 7) is 6.44. The van der Waals surface area contributed by atoms with Crippen molar-refractivity contribution in [2.45, 2.75) is 6.92 Å². The Labute approximate surface area is 141 Å². The summed E-state index contributed by atoms with van der Waals surface area (Å²) < 4.78 is 0. The molecular formula is C16H24ClN4O2+. The third-order valence-corrected chi connectivity index (χ3v) is 4.11. The minimum absolute atomic E-state index is 0.0502. The molecule has 23 heavy (non-hydrogen) atoms. The first kappa shape index (κ1) is 17.6. The molecule has 0 bridgehead atoms. The molecule has 1 aromatic carbocycles. The fourth-order valence-electron chi connectivity index (χ4n) is 2.66. The predicted octanol–water partition coefficient (Wildman–Crippen LogP) is -0.703. The van der Waals surface area contributed by atoms with Crippen molar-refractivity contribution in [3.05, 3.63) is 29.3 Å². The van der Waals surface area contributed by atoms with E-state index in [2.05, 4.69) is 21.6 Å². The van der Waals surface area contributed by atoms with Crippen LogP contribution in [0, 0.1) is 0 Å². The van der Waals surface area contributed by atoms with E-state index >= 15 is 0 Å². The number of nitrogens with zero attached hydrogens (tertiary/aromatic N) is 1. The first-order valence-corrected chi connectivity index (χ1v) is 8.33. The molecule has 3 N–H and O–H groups in total. The molecule has 0 saturated carbocycles. The Bertz CT molecular complexity index is 545. The lowest BCUT2D eigenvalue weighted by Gasteiger charge is -2.33. The second kappa shape index (κ2) is 8.74. The number of hydrogen-bond donors (Lipinski definition) is 3. The number of halogens is 1. The molecule has 0 spiro atoms. The van der Waals surface area contributed by atoms with Crippen LogP contribution in [0.15, 0.2) is 24.3 Å². The fourth-order valence-corrected chi connectivity index (χ4v) is 2.84. The maximum Gasteiger partial charge on any atom is 0.275 e. The second-order valence-corrected chi connectivity index (χ2v) is 6.06. The molecule has 1 aromatic rings. The van der Waals surface area contributed by atoms with Crippen molar-refractivity contribution in [2.75, 3.05) is 50.7 Å². The van der Waals surface area contributed by atoms with Gasteiger partial charge in [-0.3, -0.25) is 9.59 Å². The van der Waals surface area contributed by atoms with Gasteiger partial charge in [0, 0.05) is 17.3 Å². The summed E-state index contributed by atoms with van der Waals surface area (Å²) in [5, 5.41) is 6.06. The number of anilines is 1. The van der Waals surface area contributed by atoms with Gasteiger partial charge >= 0.3 is 0 Å². The SMILES string of the molecule is CCNC(=O)CNC(=O)C[NH+]1CCN(c2cccc(Cl)c2)CC1. The van der Waals surface area contributed by atoms with Crippen LogP contribution < -0.4 is 20.4 Å². The van der Waals surface area contributed by atoms with Crippen LogP contribution in [0.1, 0.15) is 6.92 Å². The smallest absolute Gasteiger partial charge is 0.275 e. The van der Waals surface area contributed by atoms with E-state index in [0.29, 0.717) is 13.1 Å². The number of rotatable bonds is 6. The average molecular weight is 340 g/mol. The summed E-state index contributed by atoms with van der Waals surface area (Å²) in [6, 6.07) is 7.83. The summed E-state index contributed by atoms with van der Waals surface area (Å²) in [7, 11) is 0. The number of nitrogens with one attached hydrogen (secondary N) is 3. The molecule has 6 nitrogen and oxygen atoms in total. The van der Waals surface area contributed by atoms with Crippen molar-refractivity contribution in [1.82, 2.24) is 10.6 Å². The summed E-state index contributed by atoms with van der Waals surface area (Å²) >= 11 is 6.03. The number of carbonyl (C=O) groups is 2. The van der Waals surface area contributed by atoms with E-state index in [9.17, 15) is 9.59 Å².